The zero-order chi connectivity index (χ0) is 13.7. The van der Waals surface area contributed by atoms with E-state index < -0.39 is 0 Å². The van der Waals surface area contributed by atoms with Gasteiger partial charge < -0.3 is 10.5 Å². The summed E-state index contributed by atoms with van der Waals surface area (Å²) in [5.41, 5.74) is 9.31. The Morgan fingerprint density at radius 1 is 1.11 bits per heavy atom. The lowest BCUT2D eigenvalue weighted by molar-refractivity contribution is 0.304. The third-order valence-electron chi connectivity index (χ3n) is 3.36. The van der Waals surface area contributed by atoms with Gasteiger partial charge in [-0.1, -0.05) is 49.4 Å². The van der Waals surface area contributed by atoms with Crippen LogP contribution in [-0.4, -0.2) is 6.54 Å². The molecule has 1 unspecified atom stereocenters. The second-order valence-corrected chi connectivity index (χ2v) is 4.94. The predicted molar refractivity (Wildman–Crippen MR) is 79.4 cm³/mol. The van der Waals surface area contributed by atoms with Crippen LogP contribution in [0, 0.1) is 6.92 Å². The third kappa shape index (κ3) is 3.58. The Balaban J connectivity index is 2.05. The van der Waals surface area contributed by atoms with Crippen molar-refractivity contribution in [3.63, 3.8) is 0 Å². The van der Waals surface area contributed by atoms with Crippen LogP contribution in [0.15, 0.2) is 48.5 Å². The molecule has 0 aliphatic carbocycles. The van der Waals surface area contributed by atoms with Crippen LogP contribution in [0.1, 0.15) is 29.5 Å². The Kier molecular flexibility index (Phi) is 4.58. The molecule has 0 saturated carbocycles. The number of benzene rings is 2. The number of hydrogen-bond acceptors (Lipinski definition) is 2. The summed E-state index contributed by atoms with van der Waals surface area (Å²) in [6.45, 7) is 5.49. The minimum Gasteiger partial charge on any atom is -0.489 e. The number of hydrogen-bond donors (Lipinski definition) is 1. The van der Waals surface area contributed by atoms with E-state index in [0.29, 0.717) is 19.1 Å². The van der Waals surface area contributed by atoms with Crippen LogP contribution in [0.4, 0.5) is 0 Å². The predicted octanol–water partition coefficient (Wildman–Crippen LogP) is 3.64. The molecule has 0 heterocycles. The highest BCUT2D eigenvalue weighted by Gasteiger charge is 2.06. The lowest BCUT2D eigenvalue weighted by atomic mass is 9.99. The molecule has 2 nitrogen and oxygen atoms in total. The normalized spacial score (nSPS) is 12.2. The zero-order valence-electron chi connectivity index (χ0n) is 11.6. The molecule has 2 rings (SSSR count). The molecule has 2 aromatic carbocycles. The standard InChI is InChI=1S/C17H21NO/c1-13-10-16(14(2)11-18)8-9-17(13)19-12-15-6-4-3-5-7-15/h3-10,14H,11-12,18H2,1-2H3. The van der Waals surface area contributed by atoms with E-state index in [2.05, 4.69) is 38.1 Å². The molecular weight excluding hydrogens is 234 g/mol. The van der Waals surface area contributed by atoms with Crippen molar-refractivity contribution in [3.05, 3.63) is 65.2 Å². The number of rotatable bonds is 5. The van der Waals surface area contributed by atoms with E-state index in [0.717, 1.165) is 11.3 Å². The summed E-state index contributed by atoms with van der Waals surface area (Å²) in [7, 11) is 0. The summed E-state index contributed by atoms with van der Waals surface area (Å²) in [4.78, 5) is 0. The highest BCUT2D eigenvalue weighted by atomic mass is 16.5. The number of ether oxygens (including phenoxy) is 1. The Morgan fingerprint density at radius 3 is 2.47 bits per heavy atom. The molecule has 2 heteroatoms. The number of aryl methyl sites for hydroxylation is 1. The van der Waals surface area contributed by atoms with Crippen LogP contribution in [0.25, 0.3) is 0 Å². The number of nitrogens with two attached hydrogens (primary N) is 1. The maximum atomic E-state index is 5.86. The van der Waals surface area contributed by atoms with Gasteiger partial charge in [-0.05, 0) is 42.1 Å². The average molecular weight is 255 g/mol. The molecular formula is C17H21NO. The van der Waals surface area contributed by atoms with Gasteiger partial charge in [0, 0.05) is 0 Å². The van der Waals surface area contributed by atoms with Gasteiger partial charge in [0.1, 0.15) is 12.4 Å². The van der Waals surface area contributed by atoms with E-state index in [9.17, 15) is 0 Å². The maximum Gasteiger partial charge on any atom is 0.122 e. The lowest BCUT2D eigenvalue weighted by Crippen LogP contribution is -2.09. The van der Waals surface area contributed by atoms with E-state index >= 15 is 0 Å². The fraction of sp³-hybridized carbons (Fsp3) is 0.294. The first-order chi connectivity index (χ1) is 9.20. The van der Waals surface area contributed by atoms with E-state index in [1.54, 1.807) is 0 Å². The van der Waals surface area contributed by atoms with E-state index in [1.165, 1.54) is 11.1 Å². The summed E-state index contributed by atoms with van der Waals surface area (Å²) >= 11 is 0. The molecule has 100 valence electrons. The fourth-order valence-electron chi connectivity index (χ4n) is 2.01. The van der Waals surface area contributed by atoms with Gasteiger partial charge >= 0.3 is 0 Å². The molecule has 0 aromatic heterocycles. The summed E-state index contributed by atoms with van der Waals surface area (Å²) in [5.74, 6) is 1.33. The van der Waals surface area contributed by atoms with Crippen molar-refractivity contribution in [2.45, 2.75) is 26.4 Å². The van der Waals surface area contributed by atoms with Gasteiger partial charge in [-0.3, -0.25) is 0 Å². The smallest absolute Gasteiger partial charge is 0.122 e. The van der Waals surface area contributed by atoms with Gasteiger partial charge in [-0.15, -0.1) is 0 Å². The Labute approximate surface area is 115 Å². The first-order valence-electron chi connectivity index (χ1n) is 6.68. The van der Waals surface area contributed by atoms with Crippen molar-refractivity contribution < 1.29 is 4.74 Å². The van der Waals surface area contributed by atoms with Gasteiger partial charge in [-0.25, -0.2) is 0 Å². The maximum absolute atomic E-state index is 5.86. The van der Waals surface area contributed by atoms with E-state index in [4.69, 9.17) is 10.5 Å². The molecule has 2 aromatic rings. The third-order valence-corrected chi connectivity index (χ3v) is 3.36. The van der Waals surface area contributed by atoms with Gasteiger partial charge in [0.15, 0.2) is 0 Å². The minimum atomic E-state index is 0.391. The van der Waals surface area contributed by atoms with Crippen molar-refractivity contribution >= 4 is 0 Å². The highest BCUT2D eigenvalue weighted by molar-refractivity contribution is 5.37. The van der Waals surface area contributed by atoms with Crippen molar-refractivity contribution in [1.82, 2.24) is 0 Å². The SMILES string of the molecule is Cc1cc(C(C)CN)ccc1OCc1ccccc1. The minimum absolute atomic E-state index is 0.391. The summed E-state index contributed by atoms with van der Waals surface area (Å²) < 4.78 is 5.86. The van der Waals surface area contributed by atoms with Gasteiger partial charge in [0.2, 0.25) is 0 Å². The molecule has 0 saturated heterocycles. The van der Waals surface area contributed by atoms with Crippen LogP contribution < -0.4 is 10.5 Å². The average Bonchev–Trinajstić information content (AvgIpc) is 2.46. The van der Waals surface area contributed by atoms with Crippen molar-refractivity contribution in [3.8, 4) is 5.75 Å². The molecule has 0 aliphatic rings. The van der Waals surface area contributed by atoms with Crippen LogP contribution in [0.3, 0.4) is 0 Å². The summed E-state index contributed by atoms with van der Waals surface area (Å²) in [6.07, 6.45) is 0. The second-order valence-electron chi connectivity index (χ2n) is 4.94. The second kappa shape index (κ2) is 6.39. The molecule has 0 spiro atoms. The molecule has 0 fully saturated rings. The van der Waals surface area contributed by atoms with Gasteiger partial charge in [0.05, 0.1) is 0 Å². The van der Waals surface area contributed by atoms with Crippen molar-refractivity contribution in [2.24, 2.45) is 5.73 Å². The first-order valence-corrected chi connectivity index (χ1v) is 6.68. The largest absolute Gasteiger partial charge is 0.489 e. The highest BCUT2D eigenvalue weighted by Crippen LogP contribution is 2.24. The Hall–Kier alpha value is -1.80. The van der Waals surface area contributed by atoms with E-state index in [1.807, 2.05) is 24.3 Å². The van der Waals surface area contributed by atoms with Crippen molar-refractivity contribution in [1.29, 1.82) is 0 Å². The summed E-state index contributed by atoms with van der Waals surface area (Å²) in [6, 6.07) is 16.5. The van der Waals surface area contributed by atoms with E-state index in [-0.39, 0.29) is 0 Å². The quantitative estimate of drug-likeness (QED) is 0.885. The summed E-state index contributed by atoms with van der Waals surface area (Å²) in [5, 5.41) is 0. The van der Waals surface area contributed by atoms with Crippen molar-refractivity contribution in [2.75, 3.05) is 6.54 Å². The zero-order valence-corrected chi connectivity index (χ0v) is 11.6. The molecule has 0 aliphatic heterocycles. The Morgan fingerprint density at radius 2 is 1.84 bits per heavy atom. The fourth-order valence-corrected chi connectivity index (χ4v) is 2.01. The topological polar surface area (TPSA) is 35.2 Å². The molecule has 19 heavy (non-hydrogen) atoms. The molecule has 1 atom stereocenters. The monoisotopic (exact) mass is 255 g/mol. The van der Waals surface area contributed by atoms with Gasteiger partial charge in [0.25, 0.3) is 0 Å². The first kappa shape index (κ1) is 13.6. The van der Waals surface area contributed by atoms with Crippen LogP contribution in [-0.2, 0) is 6.61 Å². The van der Waals surface area contributed by atoms with Crippen LogP contribution >= 0.6 is 0 Å². The molecule has 0 amide bonds. The van der Waals surface area contributed by atoms with Gasteiger partial charge in [-0.2, -0.15) is 0 Å². The molecule has 0 bridgehead atoms. The lowest BCUT2D eigenvalue weighted by Gasteiger charge is -2.13. The van der Waals surface area contributed by atoms with Crippen LogP contribution in [0.5, 0.6) is 5.75 Å². The Bertz CT molecular complexity index is 522. The molecule has 2 N–H and O–H groups in total. The van der Waals surface area contributed by atoms with Crippen LogP contribution in [0.2, 0.25) is 0 Å². The molecule has 0 radical (unpaired) electrons.